The Hall–Kier alpha value is -2.35. The van der Waals surface area contributed by atoms with E-state index in [1.54, 1.807) is 0 Å². The summed E-state index contributed by atoms with van der Waals surface area (Å²) in [5.41, 5.74) is 2.29. The molecule has 1 fully saturated rings. The highest BCUT2D eigenvalue weighted by Crippen LogP contribution is 2.31. The normalized spacial score (nSPS) is 18.6. The first kappa shape index (κ1) is 17.5. The minimum absolute atomic E-state index is 0.273. The average molecular weight is 336 g/mol. The number of benzene rings is 2. The Bertz CT molecular complexity index is 694. The summed E-state index contributed by atoms with van der Waals surface area (Å²) in [5, 5.41) is 19.1. The summed E-state index contributed by atoms with van der Waals surface area (Å²) in [4.78, 5) is 2.35. The molecule has 0 aliphatic carbocycles. The Balaban J connectivity index is 1.50. The van der Waals surface area contributed by atoms with Gasteiger partial charge in [-0.2, -0.15) is 5.26 Å². The van der Waals surface area contributed by atoms with Gasteiger partial charge in [-0.3, -0.25) is 4.90 Å². The van der Waals surface area contributed by atoms with E-state index in [1.807, 2.05) is 30.3 Å². The third kappa shape index (κ3) is 4.82. The number of aliphatic hydroxyl groups is 1. The molecule has 0 amide bonds. The number of aliphatic hydroxyl groups excluding tert-OH is 1. The lowest BCUT2D eigenvalue weighted by Crippen LogP contribution is -2.35. The summed E-state index contributed by atoms with van der Waals surface area (Å²) in [7, 11) is 0. The zero-order valence-corrected chi connectivity index (χ0v) is 14.3. The number of rotatable bonds is 7. The Kier molecular flexibility index (Phi) is 6.05. The SMILES string of the molecule is N#CCc1ccc(OC[C@@H](O)CN2CCC[C@@H]2c2ccccc2)cc1. The highest BCUT2D eigenvalue weighted by Gasteiger charge is 2.27. The number of β-amino-alcohol motifs (C(OH)–C–C–N with tert-alkyl or cyclic N) is 1. The summed E-state index contributed by atoms with van der Waals surface area (Å²) >= 11 is 0. The lowest BCUT2D eigenvalue weighted by molar-refractivity contribution is 0.0638. The van der Waals surface area contributed by atoms with Gasteiger partial charge in [0.2, 0.25) is 0 Å². The number of likely N-dealkylation sites (tertiary alicyclic amines) is 1. The molecule has 1 N–H and O–H groups in total. The van der Waals surface area contributed by atoms with Crippen LogP contribution in [0, 0.1) is 11.3 Å². The zero-order valence-electron chi connectivity index (χ0n) is 14.3. The van der Waals surface area contributed by atoms with Gasteiger partial charge >= 0.3 is 0 Å². The first-order valence-electron chi connectivity index (χ1n) is 8.82. The molecule has 3 rings (SSSR count). The van der Waals surface area contributed by atoms with Crippen LogP contribution in [0.4, 0.5) is 0 Å². The van der Waals surface area contributed by atoms with E-state index in [2.05, 4.69) is 35.2 Å². The Morgan fingerprint density at radius 3 is 2.64 bits per heavy atom. The van der Waals surface area contributed by atoms with E-state index in [-0.39, 0.29) is 6.61 Å². The Morgan fingerprint density at radius 2 is 1.92 bits per heavy atom. The van der Waals surface area contributed by atoms with Crippen LogP contribution in [0.15, 0.2) is 54.6 Å². The van der Waals surface area contributed by atoms with Crippen molar-refractivity contribution in [1.29, 1.82) is 5.26 Å². The minimum atomic E-state index is -0.525. The summed E-state index contributed by atoms with van der Waals surface area (Å²) in [5.74, 6) is 0.724. The van der Waals surface area contributed by atoms with Gasteiger partial charge in [0.1, 0.15) is 18.5 Å². The molecule has 1 aliphatic heterocycles. The lowest BCUT2D eigenvalue weighted by Gasteiger charge is -2.27. The molecule has 0 spiro atoms. The van der Waals surface area contributed by atoms with Crippen molar-refractivity contribution in [1.82, 2.24) is 4.90 Å². The fourth-order valence-corrected chi connectivity index (χ4v) is 3.41. The van der Waals surface area contributed by atoms with Crippen LogP contribution in [-0.2, 0) is 6.42 Å². The lowest BCUT2D eigenvalue weighted by atomic mass is 10.0. The molecule has 0 saturated carbocycles. The van der Waals surface area contributed by atoms with Gasteiger partial charge in [-0.15, -0.1) is 0 Å². The van der Waals surface area contributed by atoms with Crippen molar-refractivity contribution in [2.45, 2.75) is 31.4 Å². The van der Waals surface area contributed by atoms with Gasteiger partial charge in [0.25, 0.3) is 0 Å². The van der Waals surface area contributed by atoms with Gasteiger partial charge in [0.05, 0.1) is 12.5 Å². The van der Waals surface area contributed by atoms with E-state index in [0.29, 0.717) is 19.0 Å². The van der Waals surface area contributed by atoms with Crippen LogP contribution in [0.2, 0.25) is 0 Å². The second kappa shape index (κ2) is 8.66. The van der Waals surface area contributed by atoms with Crippen LogP contribution in [0.25, 0.3) is 0 Å². The van der Waals surface area contributed by atoms with Crippen LogP contribution in [0.1, 0.15) is 30.0 Å². The molecule has 1 heterocycles. The van der Waals surface area contributed by atoms with Gasteiger partial charge in [-0.25, -0.2) is 0 Å². The average Bonchev–Trinajstić information content (AvgIpc) is 3.10. The van der Waals surface area contributed by atoms with Crippen molar-refractivity contribution >= 4 is 0 Å². The van der Waals surface area contributed by atoms with Crippen LogP contribution in [-0.4, -0.2) is 35.8 Å². The number of ether oxygens (including phenoxy) is 1. The van der Waals surface area contributed by atoms with E-state index in [9.17, 15) is 5.11 Å². The summed E-state index contributed by atoms with van der Waals surface area (Å²) in [6, 6.07) is 20.5. The van der Waals surface area contributed by atoms with Crippen molar-refractivity contribution in [2.75, 3.05) is 19.7 Å². The minimum Gasteiger partial charge on any atom is -0.491 e. The number of hydrogen-bond acceptors (Lipinski definition) is 4. The van der Waals surface area contributed by atoms with Crippen LogP contribution < -0.4 is 4.74 Å². The van der Waals surface area contributed by atoms with Gasteiger partial charge in [-0.05, 0) is 42.6 Å². The van der Waals surface area contributed by atoms with Crippen molar-refractivity contribution in [3.63, 3.8) is 0 Å². The molecule has 0 unspecified atom stereocenters. The molecule has 130 valence electrons. The van der Waals surface area contributed by atoms with Gasteiger partial charge in [0.15, 0.2) is 0 Å². The number of nitrogens with zero attached hydrogens (tertiary/aromatic N) is 2. The summed E-state index contributed by atoms with van der Waals surface area (Å²) in [6.45, 7) is 1.90. The molecule has 25 heavy (non-hydrogen) atoms. The van der Waals surface area contributed by atoms with E-state index in [4.69, 9.17) is 10.00 Å². The smallest absolute Gasteiger partial charge is 0.119 e. The zero-order chi connectivity index (χ0) is 17.5. The fraction of sp³-hybridized carbons (Fsp3) is 0.381. The molecule has 2 aromatic carbocycles. The molecule has 0 aromatic heterocycles. The van der Waals surface area contributed by atoms with Gasteiger partial charge < -0.3 is 9.84 Å². The fourth-order valence-electron chi connectivity index (χ4n) is 3.41. The van der Waals surface area contributed by atoms with E-state index < -0.39 is 6.10 Å². The highest BCUT2D eigenvalue weighted by molar-refractivity contribution is 5.28. The monoisotopic (exact) mass is 336 g/mol. The second-order valence-corrected chi connectivity index (χ2v) is 6.51. The molecule has 1 aliphatic rings. The largest absolute Gasteiger partial charge is 0.491 e. The van der Waals surface area contributed by atoms with Crippen LogP contribution in [0.5, 0.6) is 5.75 Å². The first-order chi connectivity index (χ1) is 12.3. The van der Waals surface area contributed by atoms with Crippen molar-refractivity contribution in [3.05, 3.63) is 65.7 Å². The van der Waals surface area contributed by atoms with Crippen molar-refractivity contribution in [2.24, 2.45) is 0 Å². The molecule has 2 atom stereocenters. The van der Waals surface area contributed by atoms with E-state index >= 15 is 0 Å². The quantitative estimate of drug-likeness (QED) is 0.842. The molecular formula is C21H24N2O2. The molecule has 0 bridgehead atoms. The maximum absolute atomic E-state index is 10.4. The topological polar surface area (TPSA) is 56.5 Å². The number of nitriles is 1. The molecule has 1 saturated heterocycles. The summed E-state index contributed by atoms with van der Waals surface area (Å²) < 4.78 is 5.69. The summed E-state index contributed by atoms with van der Waals surface area (Å²) in [6.07, 6.45) is 2.17. The van der Waals surface area contributed by atoms with E-state index in [0.717, 1.165) is 30.7 Å². The molecule has 2 aromatic rings. The maximum Gasteiger partial charge on any atom is 0.119 e. The van der Waals surface area contributed by atoms with Crippen LogP contribution >= 0.6 is 0 Å². The number of hydrogen-bond donors (Lipinski definition) is 1. The Labute approximate surface area is 149 Å². The molecule has 0 radical (unpaired) electrons. The maximum atomic E-state index is 10.4. The highest BCUT2D eigenvalue weighted by atomic mass is 16.5. The molecular weight excluding hydrogens is 312 g/mol. The standard InChI is InChI=1S/C21H24N2O2/c22-13-12-17-8-10-20(11-9-17)25-16-19(24)15-23-14-4-7-21(23)18-5-2-1-3-6-18/h1-3,5-6,8-11,19,21,24H,4,7,12,14-16H2/t19-,21+/m0/s1. The van der Waals surface area contributed by atoms with Crippen molar-refractivity contribution < 1.29 is 9.84 Å². The molecule has 4 nitrogen and oxygen atoms in total. The van der Waals surface area contributed by atoms with Crippen molar-refractivity contribution in [3.8, 4) is 11.8 Å². The second-order valence-electron chi connectivity index (χ2n) is 6.51. The van der Waals surface area contributed by atoms with Gasteiger partial charge in [-0.1, -0.05) is 42.5 Å². The predicted octanol–water partition coefficient (Wildman–Crippen LogP) is 3.33. The third-order valence-corrected chi connectivity index (χ3v) is 4.64. The van der Waals surface area contributed by atoms with Crippen LogP contribution in [0.3, 0.4) is 0 Å². The van der Waals surface area contributed by atoms with Gasteiger partial charge in [0, 0.05) is 12.6 Å². The molecule has 4 heteroatoms. The third-order valence-electron chi connectivity index (χ3n) is 4.64. The Morgan fingerprint density at radius 1 is 1.16 bits per heavy atom. The first-order valence-corrected chi connectivity index (χ1v) is 8.82. The predicted molar refractivity (Wildman–Crippen MR) is 97.3 cm³/mol. The van der Waals surface area contributed by atoms with E-state index in [1.165, 1.54) is 5.56 Å².